The zero-order chi connectivity index (χ0) is 20.1. The second-order valence-corrected chi connectivity index (χ2v) is 7.69. The van der Waals surface area contributed by atoms with Gasteiger partial charge >= 0.3 is 6.01 Å². The summed E-state index contributed by atoms with van der Waals surface area (Å²) >= 11 is 0. The van der Waals surface area contributed by atoms with Crippen molar-refractivity contribution in [3.05, 3.63) is 47.3 Å². The number of carbonyl (C=O) groups is 1. The first-order valence-electron chi connectivity index (χ1n) is 9.95. The van der Waals surface area contributed by atoms with Crippen LogP contribution in [0.5, 0.6) is 11.8 Å². The lowest BCUT2D eigenvalue weighted by molar-refractivity contribution is 0.0884. The zero-order valence-electron chi connectivity index (χ0n) is 17.1. The van der Waals surface area contributed by atoms with Crippen molar-refractivity contribution in [1.29, 1.82) is 0 Å². The average Bonchev–Trinajstić information content (AvgIpc) is 2.62. The van der Waals surface area contributed by atoms with Crippen LogP contribution in [0.15, 0.2) is 30.3 Å². The van der Waals surface area contributed by atoms with Gasteiger partial charge in [0.15, 0.2) is 0 Å². The van der Waals surface area contributed by atoms with Gasteiger partial charge in [0.05, 0.1) is 6.10 Å². The van der Waals surface area contributed by atoms with E-state index in [4.69, 9.17) is 9.47 Å². The monoisotopic (exact) mass is 383 g/mol. The van der Waals surface area contributed by atoms with Crippen LogP contribution in [-0.4, -0.2) is 34.1 Å². The molecule has 1 aromatic heterocycles. The maximum Gasteiger partial charge on any atom is 0.317 e. The van der Waals surface area contributed by atoms with Crippen molar-refractivity contribution in [2.45, 2.75) is 71.6 Å². The van der Waals surface area contributed by atoms with Crippen molar-refractivity contribution in [3.63, 3.8) is 0 Å². The van der Waals surface area contributed by atoms with Crippen molar-refractivity contribution >= 4 is 5.91 Å². The summed E-state index contributed by atoms with van der Waals surface area (Å²) in [6.07, 6.45) is 3.74. The van der Waals surface area contributed by atoms with Crippen LogP contribution in [0.1, 0.15) is 61.3 Å². The normalized spacial score (nSPS) is 19.3. The third-order valence-corrected chi connectivity index (χ3v) is 4.73. The van der Waals surface area contributed by atoms with Crippen molar-refractivity contribution in [1.82, 2.24) is 15.3 Å². The smallest absolute Gasteiger partial charge is 0.317 e. The largest absolute Gasteiger partial charge is 0.491 e. The Bertz CT molecular complexity index is 777. The fourth-order valence-corrected chi connectivity index (χ4v) is 3.45. The Balaban J connectivity index is 1.47. The first-order valence-corrected chi connectivity index (χ1v) is 9.95. The molecule has 1 fully saturated rings. The molecule has 1 heterocycles. The molecule has 1 saturated carbocycles. The van der Waals surface area contributed by atoms with Crippen molar-refractivity contribution < 1.29 is 14.3 Å². The summed E-state index contributed by atoms with van der Waals surface area (Å²) < 4.78 is 11.6. The third kappa shape index (κ3) is 5.68. The molecular weight excluding hydrogens is 354 g/mol. The van der Waals surface area contributed by atoms with E-state index in [-0.39, 0.29) is 24.2 Å². The van der Waals surface area contributed by atoms with E-state index >= 15 is 0 Å². The van der Waals surface area contributed by atoms with Gasteiger partial charge in [-0.3, -0.25) is 4.79 Å². The van der Waals surface area contributed by atoms with Gasteiger partial charge in [-0.1, -0.05) is 0 Å². The van der Waals surface area contributed by atoms with E-state index < -0.39 is 0 Å². The SMILES string of the molecule is Cc1cc(C)nc(OC2CCC(NC(=O)c3ccc(OC(C)C)cc3)CC2)n1. The number of benzene rings is 1. The number of amides is 1. The Morgan fingerprint density at radius 1 is 1.04 bits per heavy atom. The molecule has 0 atom stereocenters. The maximum absolute atomic E-state index is 12.5. The molecule has 1 amide bonds. The van der Waals surface area contributed by atoms with Crippen LogP contribution in [-0.2, 0) is 0 Å². The molecule has 0 aliphatic heterocycles. The summed E-state index contributed by atoms with van der Waals surface area (Å²) in [5, 5.41) is 3.13. The number of nitrogens with one attached hydrogen (secondary N) is 1. The van der Waals surface area contributed by atoms with E-state index in [2.05, 4.69) is 15.3 Å². The van der Waals surface area contributed by atoms with Crippen LogP contribution in [0.3, 0.4) is 0 Å². The van der Waals surface area contributed by atoms with E-state index in [0.717, 1.165) is 42.8 Å². The molecule has 1 aromatic carbocycles. The van der Waals surface area contributed by atoms with Crippen molar-refractivity contribution in [2.24, 2.45) is 0 Å². The van der Waals surface area contributed by atoms with Gasteiger partial charge in [-0.25, -0.2) is 9.97 Å². The van der Waals surface area contributed by atoms with Crippen LogP contribution in [0, 0.1) is 13.8 Å². The van der Waals surface area contributed by atoms with Gasteiger partial charge in [-0.15, -0.1) is 0 Å². The van der Waals surface area contributed by atoms with Crippen LogP contribution in [0.25, 0.3) is 0 Å². The van der Waals surface area contributed by atoms with Gasteiger partial charge in [0, 0.05) is 23.0 Å². The predicted molar refractivity (Wildman–Crippen MR) is 108 cm³/mol. The quantitative estimate of drug-likeness (QED) is 0.816. The molecule has 0 unspecified atom stereocenters. The van der Waals surface area contributed by atoms with Crippen molar-refractivity contribution in [2.75, 3.05) is 0 Å². The highest BCUT2D eigenvalue weighted by Crippen LogP contribution is 2.23. The molecule has 150 valence electrons. The molecule has 3 rings (SSSR count). The van der Waals surface area contributed by atoms with E-state index in [1.807, 2.05) is 45.9 Å². The van der Waals surface area contributed by atoms with Crippen LogP contribution < -0.4 is 14.8 Å². The number of rotatable bonds is 6. The summed E-state index contributed by atoms with van der Waals surface area (Å²) in [4.78, 5) is 21.2. The lowest BCUT2D eigenvalue weighted by atomic mass is 9.92. The summed E-state index contributed by atoms with van der Waals surface area (Å²) in [5.41, 5.74) is 2.47. The lowest BCUT2D eigenvalue weighted by Gasteiger charge is -2.29. The van der Waals surface area contributed by atoms with Crippen LogP contribution >= 0.6 is 0 Å². The first-order chi connectivity index (χ1) is 13.4. The van der Waals surface area contributed by atoms with Gasteiger partial charge in [0.1, 0.15) is 11.9 Å². The zero-order valence-corrected chi connectivity index (χ0v) is 17.1. The topological polar surface area (TPSA) is 73.3 Å². The molecule has 0 radical (unpaired) electrons. The van der Waals surface area contributed by atoms with Crippen LogP contribution in [0.4, 0.5) is 0 Å². The molecule has 0 spiro atoms. The van der Waals surface area contributed by atoms with E-state index in [1.54, 1.807) is 12.1 Å². The Morgan fingerprint density at radius 2 is 1.64 bits per heavy atom. The molecule has 1 aliphatic carbocycles. The van der Waals surface area contributed by atoms with Crippen LogP contribution in [0.2, 0.25) is 0 Å². The Labute approximate surface area is 166 Å². The Morgan fingerprint density at radius 3 is 2.21 bits per heavy atom. The summed E-state index contributed by atoms with van der Waals surface area (Å²) in [7, 11) is 0. The summed E-state index contributed by atoms with van der Waals surface area (Å²) in [6, 6.07) is 9.83. The second-order valence-electron chi connectivity index (χ2n) is 7.69. The van der Waals surface area contributed by atoms with E-state index in [0.29, 0.717) is 11.6 Å². The molecule has 6 nitrogen and oxygen atoms in total. The molecule has 6 heteroatoms. The summed E-state index contributed by atoms with van der Waals surface area (Å²) in [5.74, 6) is 0.732. The molecule has 0 saturated heterocycles. The first kappa shape index (κ1) is 20.1. The van der Waals surface area contributed by atoms with E-state index in [1.165, 1.54) is 0 Å². The van der Waals surface area contributed by atoms with Gasteiger partial charge in [-0.2, -0.15) is 0 Å². The number of hydrogen-bond donors (Lipinski definition) is 1. The van der Waals surface area contributed by atoms with E-state index in [9.17, 15) is 4.79 Å². The molecule has 1 aliphatic rings. The highest BCUT2D eigenvalue weighted by Gasteiger charge is 2.24. The molecule has 0 bridgehead atoms. The minimum absolute atomic E-state index is 0.0434. The number of ether oxygens (including phenoxy) is 2. The number of hydrogen-bond acceptors (Lipinski definition) is 5. The van der Waals surface area contributed by atoms with Crippen molar-refractivity contribution in [3.8, 4) is 11.8 Å². The summed E-state index contributed by atoms with van der Waals surface area (Å²) in [6.45, 7) is 7.84. The Hall–Kier alpha value is -2.63. The molecule has 1 N–H and O–H groups in total. The molecule has 2 aromatic rings. The number of aryl methyl sites for hydroxylation is 2. The van der Waals surface area contributed by atoms with Gasteiger partial charge in [0.2, 0.25) is 0 Å². The van der Waals surface area contributed by atoms with Gasteiger partial charge in [-0.05, 0) is 83.7 Å². The number of carbonyl (C=O) groups excluding carboxylic acids is 1. The molecule has 28 heavy (non-hydrogen) atoms. The van der Waals surface area contributed by atoms with Gasteiger partial charge in [0.25, 0.3) is 5.91 Å². The fourth-order valence-electron chi connectivity index (χ4n) is 3.45. The highest BCUT2D eigenvalue weighted by molar-refractivity contribution is 5.94. The minimum Gasteiger partial charge on any atom is -0.491 e. The molecular formula is C22H29N3O3. The maximum atomic E-state index is 12.5. The predicted octanol–water partition coefficient (Wildman–Crippen LogP) is 4.00. The Kier molecular flexibility index (Phi) is 6.49. The second kappa shape index (κ2) is 9.04. The number of nitrogens with zero attached hydrogens (tertiary/aromatic N) is 2. The third-order valence-electron chi connectivity index (χ3n) is 4.73. The lowest BCUT2D eigenvalue weighted by Crippen LogP contribution is -2.39. The van der Waals surface area contributed by atoms with Gasteiger partial charge < -0.3 is 14.8 Å². The minimum atomic E-state index is -0.0434. The fraction of sp³-hybridized carbons (Fsp3) is 0.500. The number of aromatic nitrogens is 2. The average molecular weight is 383 g/mol. The standard InChI is InChI=1S/C22H29N3O3/c1-14(2)27-19-9-5-17(6-10-19)21(26)25-18-7-11-20(12-8-18)28-22-23-15(3)13-16(4)24-22/h5-6,9-10,13-14,18,20H,7-8,11-12H2,1-4H3,(H,25,26). The highest BCUT2D eigenvalue weighted by atomic mass is 16.5.